The maximum atomic E-state index is 12.4. The molecule has 1 heterocycles. The summed E-state index contributed by atoms with van der Waals surface area (Å²) in [6.07, 6.45) is 2.28. The molecule has 0 radical (unpaired) electrons. The summed E-state index contributed by atoms with van der Waals surface area (Å²) in [5, 5.41) is 3.19. The van der Waals surface area contributed by atoms with Gasteiger partial charge in [-0.3, -0.25) is 4.79 Å². The van der Waals surface area contributed by atoms with Crippen molar-refractivity contribution in [3.05, 3.63) is 23.8 Å². The van der Waals surface area contributed by atoms with Crippen molar-refractivity contribution in [2.24, 2.45) is 5.92 Å². The van der Waals surface area contributed by atoms with Crippen molar-refractivity contribution in [1.82, 2.24) is 10.2 Å². The SMILES string of the molecule is CNCC1CCN(C(=O)CCc2cc(OC)ccc2OC)C1. The van der Waals surface area contributed by atoms with Crippen molar-refractivity contribution < 1.29 is 14.3 Å². The Morgan fingerprint density at radius 2 is 2.18 bits per heavy atom. The van der Waals surface area contributed by atoms with Gasteiger partial charge in [-0.05, 0) is 56.1 Å². The quantitative estimate of drug-likeness (QED) is 0.833. The summed E-state index contributed by atoms with van der Waals surface area (Å²) in [5.41, 5.74) is 1.01. The number of carbonyl (C=O) groups is 1. The molecule has 1 unspecified atom stereocenters. The van der Waals surface area contributed by atoms with Gasteiger partial charge >= 0.3 is 0 Å². The topological polar surface area (TPSA) is 50.8 Å². The number of nitrogens with zero attached hydrogens (tertiary/aromatic N) is 1. The van der Waals surface area contributed by atoms with E-state index in [1.165, 1.54) is 0 Å². The fourth-order valence-corrected chi connectivity index (χ4v) is 2.99. The number of methoxy groups -OCH3 is 2. The molecule has 122 valence electrons. The van der Waals surface area contributed by atoms with E-state index in [0.717, 1.165) is 43.1 Å². The number of carbonyl (C=O) groups excluding carboxylic acids is 1. The minimum Gasteiger partial charge on any atom is -0.497 e. The van der Waals surface area contributed by atoms with E-state index in [1.807, 2.05) is 30.1 Å². The Hall–Kier alpha value is -1.75. The molecule has 1 N–H and O–H groups in total. The van der Waals surface area contributed by atoms with Crippen LogP contribution in [0.1, 0.15) is 18.4 Å². The molecule has 0 spiro atoms. The third-order valence-corrected chi connectivity index (χ3v) is 4.23. The molecule has 22 heavy (non-hydrogen) atoms. The molecule has 0 saturated carbocycles. The molecule has 5 nitrogen and oxygen atoms in total. The first-order valence-electron chi connectivity index (χ1n) is 7.81. The van der Waals surface area contributed by atoms with E-state index in [0.29, 0.717) is 18.8 Å². The second-order valence-electron chi connectivity index (χ2n) is 5.73. The first-order chi connectivity index (χ1) is 10.7. The number of aryl methyl sites for hydroxylation is 1. The fourth-order valence-electron chi connectivity index (χ4n) is 2.99. The van der Waals surface area contributed by atoms with Crippen LogP contribution in [0.2, 0.25) is 0 Å². The van der Waals surface area contributed by atoms with Crippen molar-refractivity contribution in [1.29, 1.82) is 0 Å². The molecule has 2 rings (SSSR count). The van der Waals surface area contributed by atoms with Gasteiger partial charge in [0.2, 0.25) is 5.91 Å². The molecule has 5 heteroatoms. The lowest BCUT2D eigenvalue weighted by Gasteiger charge is -2.17. The van der Waals surface area contributed by atoms with Gasteiger partial charge in [-0.15, -0.1) is 0 Å². The van der Waals surface area contributed by atoms with Crippen molar-refractivity contribution >= 4 is 5.91 Å². The molecule has 1 aliphatic heterocycles. The highest BCUT2D eigenvalue weighted by atomic mass is 16.5. The van der Waals surface area contributed by atoms with Crippen LogP contribution in [0.5, 0.6) is 11.5 Å². The summed E-state index contributed by atoms with van der Waals surface area (Å²) in [6, 6.07) is 5.70. The number of rotatable bonds is 7. The van der Waals surface area contributed by atoms with E-state index in [1.54, 1.807) is 14.2 Å². The Labute approximate surface area is 132 Å². The molecule has 1 saturated heterocycles. The van der Waals surface area contributed by atoms with E-state index in [9.17, 15) is 4.79 Å². The van der Waals surface area contributed by atoms with E-state index in [4.69, 9.17) is 9.47 Å². The van der Waals surface area contributed by atoms with Crippen LogP contribution < -0.4 is 14.8 Å². The molecular weight excluding hydrogens is 280 g/mol. The van der Waals surface area contributed by atoms with E-state index in [-0.39, 0.29) is 5.91 Å². The molecule has 1 atom stereocenters. The summed E-state index contributed by atoms with van der Waals surface area (Å²) in [7, 11) is 5.25. The van der Waals surface area contributed by atoms with Crippen LogP contribution in [0.4, 0.5) is 0 Å². The third-order valence-electron chi connectivity index (χ3n) is 4.23. The zero-order chi connectivity index (χ0) is 15.9. The Morgan fingerprint density at radius 1 is 1.36 bits per heavy atom. The van der Waals surface area contributed by atoms with Gasteiger partial charge in [0.05, 0.1) is 14.2 Å². The lowest BCUT2D eigenvalue weighted by Crippen LogP contribution is -2.30. The summed E-state index contributed by atoms with van der Waals surface area (Å²) < 4.78 is 10.6. The number of ether oxygens (including phenoxy) is 2. The highest BCUT2D eigenvalue weighted by molar-refractivity contribution is 5.76. The number of likely N-dealkylation sites (tertiary alicyclic amines) is 1. The molecule has 1 aromatic carbocycles. The molecule has 1 fully saturated rings. The van der Waals surface area contributed by atoms with Gasteiger partial charge in [-0.1, -0.05) is 0 Å². The number of hydrogen-bond acceptors (Lipinski definition) is 4. The average molecular weight is 306 g/mol. The van der Waals surface area contributed by atoms with Gasteiger partial charge in [-0.25, -0.2) is 0 Å². The van der Waals surface area contributed by atoms with Crippen LogP contribution in [0.3, 0.4) is 0 Å². The van der Waals surface area contributed by atoms with E-state index >= 15 is 0 Å². The number of hydrogen-bond donors (Lipinski definition) is 1. The number of amides is 1. The zero-order valence-electron chi connectivity index (χ0n) is 13.7. The predicted molar refractivity (Wildman–Crippen MR) is 86.5 cm³/mol. The maximum Gasteiger partial charge on any atom is 0.222 e. The lowest BCUT2D eigenvalue weighted by molar-refractivity contribution is -0.130. The van der Waals surface area contributed by atoms with Crippen molar-refractivity contribution in [2.75, 3.05) is 40.9 Å². The van der Waals surface area contributed by atoms with Gasteiger partial charge < -0.3 is 19.7 Å². The zero-order valence-corrected chi connectivity index (χ0v) is 13.7. The van der Waals surface area contributed by atoms with Crippen LogP contribution in [-0.2, 0) is 11.2 Å². The molecule has 0 aliphatic carbocycles. The van der Waals surface area contributed by atoms with Crippen molar-refractivity contribution in [3.8, 4) is 11.5 Å². The summed E-state index contributed by atoms with van der Waals surface area (Å²) in [6.45, 7) is 2.73. The Morgan fingerprint density at radius 3 is 2.86 bits per heavy atom. The largest absolute Gasteiger partial charge is 0.497 e. The molecule has 1 amide bonds. The maximum absolute atomic E-state index is 12.4. The fraction of sp³-hybridized carbons (Fsp3) is 0.588. The van der Waals surface area contributed by atoms with E-state index in [2.05, 4.69) is 5.32 Å². The minimum atomic E-state index is 0.225. The van der Waals surface area contributed by atoms with Gasteiger partial charge in [0, 0.05) is 19.5 Å². The van der Waals surface area contributed by atoms with Crippen LogP contribution in [0.25, 0.3) is 0 Å². The van der Waals surface area contributed by atoms with Gasteiger partial charge in [0.1, 0.15) is 11.5 Å². The summed E-state index contributed by atoms with van der Waals surface area (Å²) in [5.74, 6) is 2.41. The monoisotopic (exact) mass is 306 g/mol. The predicted octanol–water partition coefficient (Wildman–Crippen LogP) is 1.70. The molecular formula is C17H26N2O3. The second kappa shape index (κ2) is 8.03. The molecule has 1 aliphatic rings. The normalized spacial score (nSPS) is 17.6. The van der Waals surface area contributed by atoms with Gasteiger partial charge in [-0.2, -0.15) is 0 Å². The Balaban J connectivity index is 1.91. The van der Waals surface area contributed by atoms with Crippen LogP contribution >= 0.6 is 0 Å². The first kappa shape index (κ1) is 16.6. The highest BCUT2D eigenvalue weighted by Crippen LogP contribution is 2.25. The van der Waals surface area contributed by atoms with Crippen molar-refractivity contribution in [3.63, 3.8) is 0 Å². The summed E-state index contributed by atoms with van der Waals surface area (Å²) in [4.78, 5) is 14.3. The van der Waals surface area contributed by atoms with Gasteiger partial charge in [0.15, 0.2) is 0 Å². The molecule has 0 aromatic heterocycles. The second-order valence-corrected chi connectivity index (χ2v) is 5.73. The standard InChI is InChI=1S/C17H26N2O3/c1-18-11-13-8-9-19(12-13)17(20)7-4-14-10-15(21-2)5-6-16(14)22-3/h5-6,10,13,18H,4,7-9,11-12H2,1-3H3. The van der Waals surface area contributed by atoms with Crippen LogP contribution in [0, 0.1) is 5.92 Å². The van der Waals surface area contributed by atoms with Crippen LogP contribution in [-0.4, -0.2) is 51.7 Å². The minimum absolute atomic E-state index is 0.225. The Kier molecular flexibility index (Phi) is 6.07. The molecule has 1 aromatic rings. The van der Waals surface area contributed by atoms with E-state index < -0.39 is 0 Å². The molecule has 0 bridgehead atoms. The third kappa shape index (κ3) is 4.13. The number of benzene rings is 1. The lowest BCUT2D eigenvalue weighted by atomic mass is 10.1. The highest BCUT2D eigenvalue weighted by Gasteiger charge is 2.25. The van der Waals surface area contributed by atoms with Crippen molar-refractivity contribution in [2.45, 2.75) is 19.3 Å². The average Bonchev–Trinajstić information content (AvgIpc) is 3.01. The van der Waals surface area contributed by atoms with Gasteiger partial charge in [0.25, 0.3) is 0 Å². The number of nitrogens with one attached hydrogen (secondary N) is 1. The smallest absolute Gasteiger partial charge is 0.222 e. The first-order valence-corrected chi connectivity index (χ1v) is 7.81. The van der Waals surface area contributed by atoms with Crippen LogP contribution in [0.15, 0.2) is 18.2 Å². The summed E-state index contributed by atoms with van der Waals surface area (Å²) >= 11 is 0. The Bertz CT molecular complexity index is 505.